The van der Waals surface area contributed by atoms with Gasteiger partial charge in [-0.3, -0.25) is 0 Å². The minimum absolute atomic E-state index is 0.967. The maximum Gasteiger partial charge on any atom is 0.0107 e. The van der Waals surface area contributed by atoms with Crippen molar-refractivity contribution >= 4 is 0 Å². The molecular weight excluding hydrogens is 208 g/mol. The van der Waals surface area contributed by atoms with Gasteiger partial charge in [0.05, 0.1) is 0 Å². The fourth-order valence-corrected chi connectivity index (χ4v) is 2.74. The first-order valence-corrected chi connectivity index (χ1v) is 7.79. The van der Waals surface area contributed by atoms with E-state index in [0.29, 0.717) is 0 Å². The van der Waals surface area contributed by atoms with Crippen LogP contribution in [-0.2, 0) is 0 Å². The van der Waals surface area contributed by atoms with E-state index in [-0.39, 0.29) is 0 Å². The fourth-order valence-electron chi connectivity index (χ4n) is 2.74. The Morgan fingerprint density at radius 2 is 1.82 bits per heavy atom. The zero-order chi connectivity index (χ0) is 12.3. The Morgan fingerprint density at radius 3 is 2.47 bits per heavy atom. The van der Waals surface area contributed by atoms with E-state index in [1.807, 2.05) is 0 Å². The van der Waals surface area contributed by atoms with Crippen LogP contribution in [0, 0.1) is 5.92 Å². The first kappa shape index (κ1) is 15.0. The molecule has 0 atom stereocenters. The second-order valence-corrected chi connectivity index (χ2v) is 5.50. The molecule has 0 radical (unpaired) electrons. The molecule has 0 aliphatic heterocycles. The Hall–Kier alpha value is -0.0800. The topological polar surface area (TPSA) is 15.3 Å². The fraction of sp³-hybridized carbons (Fsp3) is 1.00. The van der Waals surface area contributed by atoms with Gasteiger partial charge in [-0.05, 0) is 44.8 Å². The van der Waals surface area contributed by atoms with Gasteiger partial charge in [-0.25, -0.2) is 0 Å². The molecule has 1 fully saturated rings. The molecule has 0 aromatic carbocycles. The van der Waals surface area contributed by atoms with Crippen molar-refractivity contribution < 1.29 is 0 Å². The monoisotopic (exact) mass is 240 g/mol. The molecule has 1 rings (SSSR count). The molecule has 17 heavy (non-hydrogen) atoms. The summed E-state index contributed by atoms with van der Waals surface area (Å²) in [5.41, 5.74) is 0. The number of rotatable bonds is 9. The van der Waals surface area contributed by atoms with Gasteiger partial charge < -0.3 is 10.2 Å². The Bertz CT molecular complexity index is 164. The summed E-state index contributed by atoms with van der Waals surface area (Å²) < 4.78 is 0. The predicted molar refractivity (Wildman–Crippen MR) is 76.5 cm³/mol. The maximum atomic E-state index is 3.65. The average Bonchev–Trinajstić information content (AvgIpc) is 2.39. The molecule has 1 aliphatic rings. The van der Waals surface area contributed by atoms with Crippen molar-refractivity contribution in [2.75, 3.05) is 32.7 Å². The highest BCUT2D eigenvalue weighted by molar-refractivity contribution is 4.68. The highest BCUT2D eigenvalue weighted by atomic mass is 15.1. The van der Waals surface area contributed by atoms with Crippen LogP contribution in [0.15, 0.2) is 0 Å². The van der Waals surface area contributed by atoms with Gasteiger partial charge >= 0.3 is 0 Å². The van der Waals surface area contributed by atoms with Crippen LogP contribution in [-0.4, -0.2) is 37.6 Å². The first-order chi connectivity index (χ1) is 8.36. The Labute approximate surface area is 108 Å². The molecule has 0 bridgehead atoms. The third-order valence-corrected chi connectivity index (χ3v) is 4.04. The van der Waals surface area contributed by atoms with E-state index in [1.54, 1.807) is 0 Å². The van der Waals surface area contributed by atoms with Gasteiger partial charge in [-0.1, -0.05) is 39.5 Å². The van der Waals surface area contributed by atoms with Crippen LogP contribution in [0.2, 0.25) is 0 Å². The average molecular weight is 240 g/mol. The molecule has 0 unspecified atom stereocenters. The summed E-state index contributed by atoms with van der Waals surface area (Å²) in [4.78, 5) is 2.57. The minimum Gasteiger partial charge on any atom is -0.315 e. The second-order valence-electron chi connectivity index (χ2n) is 5.50. The second kappa shape index (κ2) is 9.90. The van der Waals surface area contributed by atoms with Gasteiger partial charge in [-0.15, -0.1) is 0 Å². The van der Waals surface area contributed by atoms with Crippen LogP contribution in [0.3, 0.4) is 0 Å². The van der Waals surface area contributed by atoms with Gasteiger partial charge in [-0.2, -0.15) is 0 Å². The Kier molecular flexibility index (Phi) is 8.72. The summed E-state index contributed by atoms with van der Waals surface area (Å²) >= 11 is 0. The molecule has 2 nitrogen and oxygen atoms in total. The smallest absolute Gasteiger partial charge is 0.0107 e. The summed E-state index contributed by atoms with van der Waals surface area (Å²) in [5, 5.41) is 3.65. The lowest BCUT2D eigenvalue weighted by Crippen LogP contribution is -2.35. The molecule has 2 heteroatoms. The Balaban J connectivity index is 1.97. The van der Waals surface area contributed by atoms with Gasteiger partial charge in [0, 0.05) is 13.1 Å². The molecule has 102 valence electrons. The third-order valence-electron chi connectivity index (χ3n) is 4.04. The van der Waals surface area contributed by atoms with Crippen molar-refractivity contribution in [1.82, 2.24) is 10.2 Å². The lowest BCUT2D eigenvalue weighted by atomic mass is 9.89. The zero-order valence-corrected chi connectivity index (χ0v) is 12.0. The molecule has 0 aromatic rings. The van der Waals surface area contributed by atoms with Crippen LogP contribution in [0.4, 0.5) is 0 Å². The van der Waals surface area contributed by atoms with Crippen molar-refractivity contribution in [2.45, 2.75) is 58.8 Å². The van der Waals surface area contributed by atoms with E-state index in [1.165, 1.54) is 77.7 Å². The van der Waals surface area contributed by atoms with Gasteiger partial charge in [0.1, 0.15) is 0 Å². The third kappa shape index (κ3) is 7.05. The van der Waals surface area contributed by atoms with Crippen LogP contribution < -0.4 is 5.32 Å². The quantitative estimate of drug-likeness (QED) is 0.622. The molecule has 0 aromatic heterocycles. The highest BCUT2D eigenvalue weighted by Gasteiger charge is 2.12. The molecule has 0 heterocycles. The van der Waals surface area contributed by atoms with E-state index in [2.05, 4.69) is 24.1 Å². The van der Waals surface area contributed by atoms with Crippen LogP contribution in [0.1, 0.15) is 58.8 Å². The van der Waals surface area contributed by atoms with Crippen molar-refractivity contribution in [3.8, 4) is 0 Å². The molecule has 1 saturated carbocycles. The summed E-state index contributed by atoms with van der Waals surface area (Å²) in [6.45, 7) is 10.7. The van der Waals surface area contributed by atoms with Crippen LogP contribution >= 0.6 is 0 Å². The van der Waals surface area contributed by atoms with Gasteiger partial charge in [0.15, 0.2) is 0 Å². The lowest BCUT2D eigenvalue weighted by Gasteiger charge is -2.24. The summed E-state index contributed by atoms with van der Waals surface area (Å²) in [5.74, 6) is 0.967. The van der Waals surface area contributed by atoms with Gasteiger partial charge in [0.25, 0.3) is 0 Å². The van der Waals surface area contributed by atoms with Crippen LogP contribution in [0.5, 0.6) is 0 Å². The number of likely N-dealkylation sites (N-methyl/N-ethyl adjacent to an activating group) is 1. The van der Waals surface area contributed by atoms with E-state index >= 15 is 0 Å². The lowest BCUT2D eigenvalue weighted by molar-refractivity contribution is 0.274. The standard InChI is InChI=1S/C15H32N2/c1-3-5-12-17(4-2)13-11-16-14-15-9-7-6-8-10-15/h15-16H,3-14H2,1-2H3. The predicted octanol–water partition coefficient (Wildman–Crippen LogP) is 3.28. The van der Waals surface area contributed by atoms with Crippen molar-refractivity contribution in [3.05, 3.63) is 0 Å². The summed E-state index contributed by atoms with van der Waals surface area (Å²) in [6.07, 6.45) is 9.97. The van der Waals surface area contributed by atoms with E-state index in [9.17, 15) is 0 Å². The number of nitrogens with one attached hydrogen (secondary N) is 1. The number of unbranched alkanes of at least 4 members (excludes halogenated alkanes) is 1. The zero-order valence-electron chi connectivity index (χ0n) is 12.0. The molecule has 1 aliphatic carbocycles. The largest absolute Gasteiger partial charge is 0.315 e. The molecule has 0 amide bonds. The molecular formula is C15H32N2. The normalized spacial score (nSPS) is 17.8. The summed E-state index contributed by atoms with van der Waals surface area (Å²) in [6, 6.07) is 0. The SMILES string of the molecule is CCCCN(CC)CCNCC1CCCCC1. The number of hydrogen-bond donors (Lipinski definition) is 1. The molecule has 0 spiro atoms. The van der Waals surface area contributed by atoms with Gasteiger partial charge in [0.2, 0.25) is 0 Å². The molecule has 1 N–H and O–H groups in total. The van der Waals surface area contributed by atoms with Crippen molar-refractivity contribution in [1.29, 1.82) is 0 Å². The summed E-state index contributed by atoms with van der Waals surface area (Å²) in [7, 11) is 0. The van der Waals surface area contributed by atoms with Crippen LogP contribution in [0.25, 0.3) is 0 Å². The molecule has 0 saturated heterocycles. The van der Waals surface area contributed by atoms with Crippen molar-refractivity contribution in [2.24, 2.45) is 5.92 Å². The number of hydrogen-bond acceptors (Lipinski definition) is 2. The van der Waals surface area contributed by atoms with Crippen molar-refractivity contribution in [3.63, 3.8) is 0 Å². The first-order valence-electron chi connectivity index (χ1n) is 7.79. The van der Waals surface area contributed by atoms with E-state index in [0.717, 1.165) is 5.92 Å². The maximum absolute atomic E-state index is 3.65. The highest BCUT2D eigenvalue weighted by Crippen LogP contribution is 2.22. The van der Waals surface area contributed by atoms with E-state index in [4.69, 9.17) is 0 Å². The Morgan fingerprint density at radius 1 is 1.06 bits per heavy atom. The number of nitrogens with zero attached hydrogens (tertiary/aromatic N) is 1. The van der Waals surface area contributed by atoms with E-state index < -0.39 is 0 Å². The minimum atomic E-state index is 0.967.